The summed E-state index contributed by atoms with van der Waals surface area (Å²) in [4.78, 5) is 0. The topological polar surface area (TPSA) is 69.9 Å². The zero-order valence-corrected chi connectivity index (χ0v) is 9.02. The maximum atomic E-state index is 8.91. The summed E-state index contributed by atoms with van der Waals surface area (Å²) in [6, 6.07) is 0. The Hall–Kier alpha value is -0.160. The number of aliphatic hydroxyl groups is 3. The van der Waals surface area contributed by atoms with Crippen LogP contribution in [-0.2, 0) is 4.74 Å². The average Bonchev–Trinajstić information content (AvgIpc) is 2.03. The molecule has 0 spiro atoms. The number of ether oxygens (including phenoxy) is 1. The maximum Gasteiger partial charge on any atom is 0.154 e. The monoisotopic (exact) mass is 206 g/mol. The molecule has 0 aromatic heterocycles. The molecule has 0 aromatic rings. The Labute approximate surface area is 85.5 Å². The molecule has 0 saturated heterocycles. The lowest BCUT2D eigenvalue weighted by Crippen LogP contribution is -2.14. The van der Waals surface area contributed by atoms with Crippen LogP contribution in [0, 0.1) is 0 Å². The van der Waals surface area contributed by atoms with Crippen LogP contribution in [0.1, 0.15) is 46.0 Å². The van der Waals surface area contributed by atoms with Gasteiger partial charge in [-0.15, -0.1) is 0 Å². The van der Waals surface area contributed by atoms with Crippen molar-refractivity contribution in [2.24, 2.45) is 0 Å². The number of rotatable bonds is 2. The maximum absolute atomic E-state index is 8.91. The van der Waals surface area contributed by atoms with E-state index in [9.17, 15) is 0 Å². The molecule has 0 aliphatic heterocycles. The van der Waals surface area contributed by atoms with Crippen molar-refractivity contribution in [3.05, 3.63) is 0 Å². The van der Waals surface area contributed by atoms with E-state index in [-0.39, 0.29) is 6.10 Å². The standard InChI is InChI=1S/C6H12O.C4H10O3/c7-6-4-2-1-3-5-6;1-3(5)7-4(2)6/h6-7H,1-5H2;3-6H,1-2H3. The molecule has 0 radical (unpaired) electrons. The third-order valence-electron chi connectivity index (χ3n) is 1.97. The molecule has 4 nitrogen and oxygen atoms in total. The van der Waals surface area contributed by atoms with Gasteiger partial charge in [-0.2, -0.15) is 0 Å². The van der Waals surface area contributed by atoms with Crippen LogP contribution in [0.2, 0.25) is 0 Å². The molecule has 0 heterocycles. The van der Waals surface area contributed by atoms with Crippen molar-refractivity contribution >= 4 is 0 Å². The second-order valence-electron chi connectivity index (χ2n) is 3.63. The van der Waals surface area contributed by atoms with Gasteiger partial charge in [0.2, 0.25) is 0 Å². The van der Waals surface area contributed by atoms with E-state index in [2.05, 4.69) is 4.74 Å². The van der Waals surface area contributed by atoms with Crippen LogP contribution in [0.25, 0.3) is 0 Å². The summed E-state index contributed by atoms with van der Waals surface area (Å²) in [5.74, 6) is 0. The molecule has 86 valence electrons. The summed E-state index contributed by atoms with van der Waals surface area (Å²) < 4.78 is 4.36. The molecule has 1 fully saturated rings. The van der Waals surface area contributed by atoms with Crippen molar-refractivity contribution in [3.63, 3.8) is 0 Å². The highest BCUT2D eigenvalue weighted by molar-refractivity contribution is 4.61. The normalized spacial score (nSPS) is 22.1. The molecule has 4 heteroatoms. The van der Waals surface area contributed by atoms with E-state index in [0.717, 1.165) is 12.8 Å². The number of aliphatic hydroxyl groups excluding tert-OH is 3. The molecule has 2 unspecified atom stereocenters. The van der Waals surface area contributed by atoms with Crippen molar-refractivity contribution in [2.45, 2.75) is 64.6 Å². The summed E-state index contributed by atoms with van der Waals surface area (Å²) in [6.07, 6.45) is 4.17. The van der Waals surface area contributed by atoms with Crippen molar-refractivity contribution in [1.29, 1.82) is 0 Å². The lowest BCUT2D eigenvalue weighted by Gasteiger charge is -2.14. The SMILES string of the molecule is CC(O)OC(C)O.OC1CCCCC1. The second kappa shape index (κ2) is 8.17. The van der Waals surface area contributed by atoms with Crippen molar-refractivity contribution in [1.82, 2.24) is 0 Å². The lowest BCUT2D eigenvalue weighted by atomic mass is 9.98. The smallest absolute Gasteiger partial charge is 0.154 e. The predicted octanol–water partition coefficient (Wildman–Crippen LogP) is 0.991. The fraction of sp³-hybridized carbons (Fsp3) is 1.00. The highest BCUT2D eigenvalue weighted by Crippen LogP contribution is 2.16. The fourth-order valence-corrected chi connectivity index (χ4v) is 1.37. The molecule has 2 atom stereocenters. The zero-order valence-electron chi connectivity index (χ0n) is 9.02. The molecule has 0 aromatic carbocycles. The molecule has 0 bridgehead atoms. The minimum Gasteiger partial charge on any atom is -0.393 e. The first kappa shape index (κ1) is 13.8. The van der Waals surface area contributed by atoms with E-state index in [1.54, 1.807) is 0 Å². The first-order valence-electron chi connectivity index (χ1n) is 5.22. The van der Waals surface area contributed by atoms with Crippen LogP contribution in [0.3, 0.4) is 0 Å². The van der Waals surface area contributed by atoms with Gasteiger partial charge in [-0.1, -0.05) is 19.3 Å². The van der Waals surface area contributed by atoms with Gasteiger partial charge in [0.05, 0.1) is 6.10 Å². The highest BCUT2D eigenvalue weighted by atomic mass is 16.7. The Balaban J connectivity index is 0.000000241. The van der Waals surface area contributed by atoms with Crippen molar-refractivity contribution in [2.75, 3.05) is 0 Å². The van der Waals surface area contributed by atoms with Gasteiger partial charge in [-0.25, -0.2) is 0 Å². The first-order chi connectivity index (χ1) is 6.52. The van der Waals surface area contributed by atoms with Gasteiger partial charge >= 0.3 is 0 Å². The molecule has 1 aliphatic rings. The summed E-state index contributed by atoms with van der Waals surface area (Å²) in [6.45, 7) is 2.87. The minimum atomic E-state index is -0.875. The summed E-state index contributed by atoms with van der Waals surface area (Å²) in [7, 11) is 0. The number of hydrogen-bond donors (Lipinski definition) is 3. The van der Waals surface area contributed by atoms with Crippen LogP contribution in [0.5, 0.6) is 0 Å². The van der Waals surface area contributed by atoms with Crippen LogP contribution in [-0.4, -0.2) is 34.0 Å². The lowest BCUT2D eigenvalue weighted by molar-refractivity contribution is -0.190. The van der Waals surface area contributed by atoms with Gasteiger partial charge in [0.25, 0.3) is 0 Å². The molecular formula is C10H22O4. The van der Waals surface area contributed by atoms with E-state index in [4.69, 9.17) is 15.3 Å². The van der Waals surface area contributed by atoms with Crippen LogP contribution in [0.15, 0.2) is 0 Å². The minimum absolute atomic E-state index is 0.0359. The molecule has 14 heavy (non-hydrogen) atoms. The molecule has 1 saturated carbocycles. The third kappa shape index (κ3) is 9.92. The first-order valence-corrected chi connectivity index (χ1v) is 5.22. The summed E-state index contributed by atoms with van der Waals surface area (Å²) >= 11 is 0. The third-order valence-corrected chi connectivity index (χ3v) is 1.97. The second-order valence-corrected chi connectivity index (χ2v) is 3.63. The average molecular weight is 206 g/mol. The molecule has 3 N–H and O–H groups in total. The predicted molar refractivity (Wildman–Crippen MR) is 53.5 cm³/mol. The van der Waals surface area contributed by atoms with E-state index in [1.165, 1.54) is 33.1 Å². The zero-order chi connectivity index (χ0) is 11.0. The highest BCUT2D eigenvalue weighted by Gasteiger charge is 2.07. The molecular weight excluding hydrogens is 184 g/mol. The van der Waals surface area contributed by atoms with Crippen molar-refractivity contribution in [3.8, 4) is 0 Å². The van der Waals surface area contributed by atoms with E-state index >= 15 is 0 Å². The van der Waals surface area contributed by atoms with E-state index in [1.807, 2.05) is 0 Å². The van der Waals surface area contributed by atoms with Gasteiger partial charge in [0.15, 0.2) is 12.6 Å². The summed E-state index contributed by atoms with van der Waals surface area (Å²) in [5, 5.41) is 25.6. The largest absolute Gasteiger partial charge is 0.393 e. The molecule has 0 amide bonds. The van der Waals surface area contributed by atoms with Gasteiger partial charge in [0, 0.05) is 0 Å². The Morgan fingerprint density at radius 1 is 1.00 bits per heavy atom. The number of hydrogen-bond acceptors (Lipinski definition) is 4. The van der Waals surface area contributed by atoms with Gasteiger partial charge in [-0.05, 0) is 26.7 Å². The van der Waals surface area contributed by atoms with Gasteiger partial charge in [0.1, 0.15) is 0 Å². The van der Waals surface area contributed by atoms with Crippen molar-refractivity contribution < 1.29 is 20.1 Å². The summed E-state index contributed by atoms with van der Waals surface area (Å²) in [5.41, 5.74) is 0. The van der Waals surface area contributed by atoms with Crippen LogP contribution < -0.4 is 0 Å². The van der Waals surface area contributed by atoms with E-state index in [0.29, 0.717) is 0 Å². The van der Waals surface area contributed by atoms with Gasteiger partial charge in [-0.3, -0.25) is 0 Å². The van der Waals surface area contributed by atoms with Crippen LogP contribution in [0.4, 0.5) is 0 Å². The Morgan fingerprint density at radius 2 is 1.43 bits per heavy atom. The Bertz CT molecular complexity index is 113. The quantitative estimate of drug-likeness (QED) is 0.589. The van der Waals surface area contributed by atoms with E-state index < -0.39 is 12.6 Å². The molecule has 1 aliphatic carbocycles. The van der Waals surface area contributed by atoms with Crippen LogP contribution >= 0.6 is 0 Å². The Kier molecular flexibility index (Phi) is 8.08. The fourth-order valence-electron chi connectivity index (χ4n) is 1.37. The Morgan fingerprint density at radius 3 is 1.57 bits per heavy atom. The molecule has 1 rings (SSSR count). The van der Waals surface area contributed by atoms with Gasteiger partial charge < -0.3 is 20.1 Å².